The fourth-order valence-electron chi connectivity index (χ4n) is 1.06. The molecular formula is C7H13NOS. The zero-order chi connectivity index (χ0) is 7.40. The summed E-state index contributed by atoms with van der Waals surface area (Å²) in [6, 6.07) is 0. The van der Waals surface area contributed by atoms with E-state index >= 15 is 0 Å². The Morgan fingerprint density at radius 3 is 3.10 bits per heavy atom. The minimum absolute atomic E-state index is 0.0903. The van der Waals surface area contributed by atoms with Gasteiger partial charge in [-0.25, -0.2) is 0 Å². The van der Waals surface area contributed by atoms with Crippen LogP contribution in [-0.2, 0) is 4.79 Å². The van der Waals surface area contributed by atoms with Gasteiger partial charge in [-0.1, -0.05) is 0 Å². The monoisotopic (exact) mass is 159 g/mol. The summed E-state index contributed by atoms with van der Waals surface area (Å²) >= 11 is 1.97. The first-order valence-corrected chi connectivity index (χ1v) is 4.70. The normalized spacial score (nSPS) is 24.7. The molecule has 0 aromatic rings. The predicted molar refractivity (Wildman–Crippen MR) is 44.2 cm³/mol. The number of carbonyl (C=O) groups excluding carboxylic acids is 1. The van der Waals surface area contributed by atoms with E-state index in [2.05, 4.69) is 5.32 Å². The van der Waals surface area contributed by atoms with Gasteiger partial charge in [-0.05, 0) is 18.6 Å². The van der Waals surface area contributed by atoms with Crippen molar-refractivity contribution >= 4 is 17.7 Å². The molecule has 1 aliphatic rings. The van der Waals surface area contributed by atoms with E-state index in [1.54, 1.807) is 6.92 Å². The quantitative estimate of drug-likeness (QED) is 0.651. The molecule has 1 saturated heterocycles. The van der Waals surface area contributed by atoms with Crippen molar-refractivity contribution in [2.45, 2.75) is 25.0 Å². The van der Waals surface area contributed by atoms with E-state index in [-0.39, 0.29) is 5.91 Å². The second-order valence-corrected chi connectivity index (χ2v) is 3.98. The Morgan fingerprint density at radius 2 is 2.60 bits per heavy atom. The molecule has 1 rings (SSSR count). The summed E-state index contributed by atoms with van der Waals surface area (Å²) in [4.78, 5) is 10.5. The van der Waals surface area contributed by atoms with E-state index in [0.29, 0.717) is 5.25 Å². The molecule has 0 saturated carbocycles. The van der Waals surface area contributed by atoms with Gasteiger partial charge in [-0.3, -0.25) is 4.79 Å². The highest BCUT2D eigenvalue weighted by atomic mass is 32.2. The van der Waals surface area contributed by atoms with Crippen LogP contribution in [0.1, 0.15) is 19.8 Å². The van der Waals surface area contributed by atoms with Gasteiger partial charge in [0.1, 0.15) is 0 Å². The molecule has 2 nitrogen and oxygen atoms in total. The van der Waals surface area contributed by atoms with Gasteiger partial charge in [-0.2, -0.15) is 11.8 Å². The molecule has 58 valence electrons. The second kappa shape index (κ2) is 3.86. The van der Waals surface area contributed by atoms with Crippen LogP contribution in [0.15, 0.2) is 0 Å². The third kappa shape index (κ3) is 2.60. The molecule has 0 aromatic heterocycles. The SMILES string of the molecule is CC(=O)NCC1CCCS1. The molecule has 0 radical (unpaired) electrons. The minimum Gasteiger partial charge on any atom is -0.355 e. The first-order valence-electron chi connectivity index (χ1n) is 3.65. The lowest BCUT2D eigenvalue weighted by Crippen LogP contribution is -2.27. The standard InChI is InChI=1S/C7H13NOS/c1-6(9)8-5-7-3-2-4-10-7/h7H,2-5H2,1H3,(H,8,9). The largest absolute Gasteiger partial charge is 0.355 e. The van der Waals surface area contributed by atoms with Crippen LogP contribution in [0.25, 0.3) is 0 Å². The molecule has 1 aliphatic heterocycles. The van der Waals surface area contributed by atoms with E-state index in [1.807, 2.05) is 11.8 Å². The molecule has 1 amide bonds. The van der Waals surface area contributed by atoms with Gasteiger partial charge in [0.15, 0.2) is 0 Å². The maximum absolute atomic E-state index is 10.5. The molecule has 1 unspecified atom stereocenters. The number of nitrogens with one attached hydrogen (secondary N) is 1. The Labute approximate surface area is 65.8 Å². The number of amides is 1. The van der Waals surface area contributed by atoms with Gasteiger partial charge in [0.2, 0.25) is 5.91 Å². The van der Waals surface area contributed by atoms with Crippen molar-refractivity contribution in [1.29, 1.82) is 0 Å². The molecular weight excluding hydrogens is 146 g/mol. The van der Waals surface area contributed by atoms with E-state index in [4.69, 9.17) is 0 Å². The second-order valence-electron chi connectivity index (χ2n) is 2.57. The van der Waals surface area contributed by atoms with Crippen LogP contribution in [0.4, 0.5) is 0 Å². The van der Waals surface area contributed by atoms with E-state index in [9.17, 15) is 4.79 Å². The summed E-state index contributed by atoms with van der Waals surface area (Å²) < 4.78 is 0. The summed E-state index contributed by atoms with van der Waals surface area (Å²) in [6.45, 7) is 2.43. The number of hydrogen-bond acceptors (Lipinski definition) is 2. The Kier molecular flexibility index (Phi) is 3.06. The third-order valence-corrected chi connectivity index (χ3v) is 3.00. The van der Waals surface area contributed by atoms with E-state index in [1.165, 1.54) is 18.6 Å². The molecule has 0 aliphatic carbocycles. The summed E-state index contributed by atoms with van der Waals surface area (Å²) in [6.07, 6.45) is 2.58. The van der Waals surface area contributed by atoms with Gasteiger partial charge in [0.25, 0.3) is 0 Å². The summed E-state index contributed by atoms with van der Waals surface area (Å²) in [5.74, 6) is 1.36. The van der Waals surface area contributed by atoms with Crippen LogP contribution in [0.3, 0.4) is 0 Å². The van der Waals surface area contributed by atoms with Gasteiger partial charge >= 0.3 is 0 Å². The van der Waals surface area contributed by atoms with Crippen LogP contribution >= 0.6 is 11.8 Å². The molecule has 0 spiro atoms. The van der Waals surface area contributed by atoms with E-state index in [0.717, 1.165) is 6.54 Å². The molecule has 0 aromatic carbocycles. The van der Waals surface area contributed by atoms with Gasteiger partial charge < -0.3 is 5.32 Å². The summed E-state index contributed by atoms with van der Waals surface area (Å²) in [5.41, 5.74) is 0. The number of rotatable bonds is 2. The lowest BCUT2D eigenvalue weighted by atomic mass is 10.2. The number of carbonyl (C=O) groups is 1. The molecule has 0 bridgehead atoms. The molecule has 1 fully saturated rings. The van der Waals surface area contributed by atoms with E-state index < -0.39 is 0 Å². The zero-order valence-corrected chi connectivity index (χ0v) is 7.04. The maximum atomic E-state index is 10.5. The van der Waals surface area contributed by atoms with Crippen LogP contribution < -0.4 is 5.32 Å². The first kappa shape index (κ1) is 7.92. The smallest absolute Gasteiger partial charge is 0.216 e. The minimum atomic E-state index is 0.0903. The van der Waals surface area contributed by atoms with Crippen molar-refractivity contribution in [3.8, 4) is 0 Å². The maximum Gasteiger partial charge on any atom is 0.216 e. The molecule has 1 heterocycles. The van der Waals surface area contributed by atoms with Crippen LogP contribution in [0.5, 0.6) is 0 Å². The number of hydrogen-bond donors (Lipinski definition) is 1. The zero-order valence-electron chi connectivity index (χ0n) is 6.22. The molecule has 1 N–H and O–H groups in total. The predicted octanol–water partition coefficient (Wildman–Crippen LogP) is 1.02. The van der Waals surface area contributed by atoms with Crippen LogP contribution in [0.2, 0.25) is 0 Å². The van der Waals surface area contributed by atoms with Crippen molar-refractivity contribution in [3.63, 3.8) is 0 Å². The third-order valence-electron chi connectivity index (χ3n) is 1.60. The average Bonchev–Trinajstić information content (AvgIpc) is 2.34. The Bertz CT molecular complexity index is 121. The highest BCUT2D eigenvalue weighted by molar-refractivity contribution is 8.00. The van der Waals surface area contributed by atoms with Crippen molar-refractivity contribution in [3.05, 3.63) is 0 Å². The Morgan fingerprint density at radius 1 is 1.80 bits per heavy atom. The molecule has 3 heteroatoms. The first-order chi connectivity index (χ1) is 4.79. The lowest BCUT2D eigenvalue weighted by molar-refractivity contribution is -0.118. The number of thioether (sulfide) groups is 1. The van der Waals surface area contributed by atoms with Crippen molar-refractivity contribution in [2.75, 3.05) is 12.3 Å². The van der Waals surface area contributed by atoms with Gasteiger partial charge in [0.05, 0.1) is 0 Å². The molecule has 10 heavy (non-hydrogen) atoms. The summed E-state index contributed by atoms with van der Waals surface area (Å²) in [5, 5.41) is 3.51. The molecule has 1 atom stereocenters. The van der Waals surface area contributed by atoms with Gasteiger partial charge in [0, 0.05) is 18.7 Å². The van der Waals surface area contributed by atoms with Crippen LogP contribution in [-0.4, -0.2) is 23.5 Å². The Balaban J connectivity index is 2.07. The van der Waals surface area contributed by atoms with Gasteiger partial charge in [-0.15, -0.1) is 0 Å². The lowest BCUT2D eigenvalue weighted by Gasteiger charge is -2.07. The fourth-order valence-corrected chi connectivity index (χ4v) is 2.26. The fraction of sp³-hybridized carbons (Fsp3) is 0.857. The van der Waals surface area contributed by atoms with Crippen LogP contribution in [0, 0.1) is 0 Å². The average molecular weight is 159 g/mol. The topological polar surface area (TPSA) is 29.1 Å². The highest BCUT2D eigenvalue weighted by Crippen LogP contribution is 2.24. The Hall–Kier alpha value is -0.180. The van der Waals surface area contributed by atoms with Crippen molar-refractivity contribution < 1.29 is 4.79 Å². The van der Waals surface area contributed by atoms with Crippen molar-refractivity contribution in [2.24, 2.45) is 0 Å². The summed E-state index contributed by atoms with van der Waals surface area (Å²) in [7, 11) is 0. The highest BCUT2D eigenvalue weighted by Gasteiger charge is 2.14. The van der Waals surface area contributed by atoms with Crippen molar-refractivity contribution in [1.82, 2.24) is 5.32 Å².